The fraction of sp³-hybridized carbons (Fsp3) is 0.355. The van der Waals surface area contributed by atoms with Gasteiger partial charge in [0.2, 0.25) is 17.7 Å². The summed E-state index contributed by atoms with van der Waals surface area (Å²) in [6.07, 6.45) is 0.905. The molecule has 5 N–H and O–H groups in total. The van der Waals surface area contributed by atoms with Crippen LogP contribution in [0, 0.1) is 5.92 Å². The van der Waals surface area contributed by atoms with Crippen molar-refractivity contribution in [3.63, 3.8) is 0 Å². The minimum atomic E-state index is -1.34. The number of rotatable bonds is 12. The number of carbonyl (C=O) groups excluding carboxylic acids is 3. The molecule has 1 aliphatic rings. The van der Waals surface area contributed by atoms with Crippen LogP contribution in [0.3, 0.4) is 0 Å². The summed E-state index contributed by atoms with van der Waals surface area (Å²) in [5.74, 6) is -1.27. The highest BCUT2D eigenvalue weighted by molar-refractivity contribution is 6.18. The predicted molar refractivity (Wildman–Crippen MR) is 158 cm³/mol. The fourth-order valence-corrected chi connectivity index (χ4v) is 5.45. The van der Waals surface area contributed by atoms with Gasteiger partial charge < -0.3 is 26.4 Å². The quantitative estimate of drug-likeness (QED) is 0.210. The average Bonchev–Trinajstić information content (AvgIpc) is 2.97. The van der Waals surface area contributed by atoms with Crippen LogP contribution in [0.1, 0.15) is 30.4 Å². The van der Waals surface area contributed by atoms with Gasteiger partial charge in [-0.1, -0.05) is 72.8 Å². The van der Waals surface area contributed by atoms with Gasteiger partial charge in [-0.3, -0.25) is 14.4 Å². The van der Waals surface area contributed by atoms with E-state index in [1.54, 1.807) is 0 Å². The molecule has 0 aromatic heterocycles. The fourth-order valence-electron chi connectivity index (χ4n) is 5.25. The summed E-state index contributed by atoms with van der Waals surface area (Å²) in [5.41, 5.74) is 1.62. The molecule has 0 bridgehead atoms. The van der Waals surface area contributed by atoms with Gasteiger partial charge in [0.1, 0.15) is 12.1 Å². The van der Waals surface area contributed by atoms with Crippen LogP contribution in [0.15, 0.2) is 72.8 Å². The zero-order valence-corrected chi connectivity index (χ0v) is 23.4. The molecule has 4 atom stereocenters. The molecule has 3 aromatic rings. The number of hydrogen-bond acceptors (Lipinski definition) is 4. The zero-order valence-electron chi connectivity index (χ0n) is 22.6. The van der Waals surface area contributed by atoms with Crippen molar-refractivity contribution in [1.82, 2.24) is 21.3 Å². The van der Waals surface area contributed by atoms with Gasteiger partial charge in [0.25, 0.3) is 0 Å². The summed E-state index contributed by atoms with van der Waals surface area (Å²) in [6, 6.07) is 19.9. The molecular formula is C31H35ClN4O5. The van der Waals surface area contributed by atoms with Gasteiger partial charge in [-0.2, -0.15) is 0 Å². The van der Waals surface area contributed by atoms with Gasteiger partial charge in [-0.25, -0.2) is 4.79 Å². The molecule has 1 aliphatic heterocycles. The van der Waals surface area contributed by atoms with Crippen molar-refractivity contribution in [2.75, 3.05) is 12.4 Å². The third-order valence-electron chi connectivity index (χ3n) is 7.33. The Balaban J connectivity index is 1.52. The molecule has 0 unspecified atom stereocenters. The summed E-state index contributed by atoms with van der Waals surface area (Å²) < 4.78 is 0. The summed E-state index contributed by atoms with van der Waals surface area (Å²) in [6.45, 7) is 0.642. The maximum Gasteiger partial charge on any atom is 0.405 e. The van der Waals surface area contributed by atoms with Gasteiger partial charge in [0.05, 0.1) is 0 Å². The Labute approximate surface area is 244 Å². The molecule has 9 nitrogen and oxygen atoms in total. The van der Waals surface area contributed by atoms with E-state index >= 15 is 0 Å². The number of halogens is 1. The van der Waals surface area contributed by atoms with E-state index in [9.17, 15) is 24.3 Å². The Kier molecular flexibility index (Phi) is 10.6. The lowest BCUT2D eigenvalue weighted by atomic mass is 9.92. The molecule has 216 valence electrons. The van der Waals surface area contributed by atoms with Crippen LogP contribution in [0.4, 0.5) is 4.79 Å². The lowest BCUT2D eigenvalue weighted by Crippen LogP contribution is -2.56. The van der Waals surface area contributed by atoms with E-state index in [-0.39, 0.29) is 30.5 Å². The summed E-state index contributed by atoms with van der Waals surface area (Å²) >= 11 is 6.19. The Hall–Kier alpha value is -4.11. The predicted octanol–water partition coefficient (Wildman–Crippen LogP) is 3.39. The smallest absolute Gasteiger partial charge is 0.405 e. The molecule has 0 aliphatic carbocycles. The largest absolute Gasteiger partial charge is 0.465 e. The Bertz CT molecular complexity index is 1360. The van der Waals surface area contributed by atoms with Gasteiger partial charge in [0, 0.05) is 37.2 Å². The number of benzene rings is 3. The van der Waals surface area contributed by atoms with Crippen LogP contribution in [-0.4, -0.2) is 59.5 Å². The molecule has 4 amide bonds. The van der Waals surface area contributed by atoms with Crippen molar-refractivity contribution < 1.29 is 24.3 Å². The van der Waals surface area contributed by atoms with Crippen LogP contribution < -0.4 is 21.3 Å². The Morgan fingerprint density at radius 2 is 1.56 bits per heavy atom. The number of alkyl halides is 1. The molecule has 41 heavy (non-hydrogen) atoms. The average molecular weight is 579 g/mol. The SMILES string of the molecule is O=C(O)N[C@@H](Cc1cccc2ccccc12)C(=O)N[C@@H](Cc1ccccc1)C(=O)N[C@H](CCl)C[C@@H]1CCCNC1=O. The van der Waals surface area contributed by atoms with Gasteiger partial charge in [-0.05, 0) is 41.2 Å². The number of amides is 4. The first-order valence-corrected chi connectivity index (χ1v) is 14.3. The normalized spacial score (nSPS) is 17.1. The minimum absolute atomic E-state index is 0.0502. The van der Waals surface area contributed by atoms with Crippen molar-refractivity contribution >= 4 is 46.2 Å². The van der Waals surface area contributed by atoms with Crippen molar-refractivity contribution in [3.8, 4) is 0 Å². The molecular weight excluding hydrogens is 544 g/mol. The zero-order chi connectivity index (χ0) is 29.2. The van der Waals surface area contributed by atoms with E-state index < -0.39 is 36.0 Å². The lowest BCUT2D eigenvalue weighted by Gasteiger charge is -2.28. The van der Waals surface area contributed by atoms with Crippen LogP contribution in [0.5, 0.6) is 0 Å². The molecule has 1 saturated heterocycles. The van der Waals surface area contributed by atoms with E-state index in [1.165, 1.54) is 0 Å². The molecule has 4 rings (SSSR count). The highest BCUT2D eigenvalue weighted by Gasteiger charge is 2.31. The summed E-state index contributed by atoms with van der Waals surface area (Å²) in [5, 5.41) is 22.3. The minimum Gasteiger partial charge on any atom is -0.465 e. The van der Waals surface area contributed by atoms with Gasteiger partial charge in [0.15, 0.2) is 0 Å². The molecule has 10 heteroatoms. The molecule has 0 spiro atoms. The third kappa shape index (κ3) is 8.44. The Morgan fingerprint density at radius 3 is 2.29 bits per heavy atom. The topological polar surface area (TPSA) is 137 Å². The van der Waals surface area contributed by atoms with E-state index in [0.29, 0.717) is 13.0 Å². The molecule has 0 radical (unpaired) electrons. The number of carboxylic acid groups (broad SMARTS) is 1. The molecule has 3 aromatic carbocycles. The standard InChI is InChI=1S/C31H35ClN4O5/c32-19-24(17-23-13-7-15-33-28(23)37)34-29(38)26(16-20-8-2-1-3-9-20)35-30(39)27(36-31(40)41)18-22-12-6-11-21-10-4-5-14-25(21)22/h1-6,8-12,14,23-24,26-27,36H,7,13,15-19H2,(H,33,37)(H,34,38)(H,35,39)(H,40,41)/t23-,24-,26-,27-/m0/s1. The number of piperidine rings is 1. The number of hydrogen-bond donors (Lipinski definition) is 5. The Morgan fingerprint density at radius 1 is 0.878 bits per heavy atom. The second-order valence-corrected chi connectivity index (χ2v) is 10.6. The highest BCUT2D eigenvalue weighted by Crippen LogP contribution is 2.21. The summed E-state index contributed by atoms with van der Waals surface area (Å²) in [7, 11) is 0. The van der Waals surface area contributed by atoms with Crippen molar-refractivity contribution in [2.24, 2.45) is 5.92 Å². The van der Waals surface area contributed by atoms with E-state index in [2.05, 4.69) is 21.3 Å². The van der Waals surface area contributed by atoms with E-state index in [0.717, 1.165) is 34.7 Å². The van der Waals surface area contributed by atoms with Crippen molar-refractivity contribution in [1.29, 1.82) is 0 Å². The second-order valence-electron chi connectivity index (χ2n) is 10.3. The number of fused-ring (bicyclic) bond motifs is 1. The van der Waals surface area contributed by atoms with Crippen LogP contribution in [0.2, 0.25) is 0 Å². The molecule has 0 saturated carbocycles. The maximum atomic E-state index is 13.5. The van der Waals surface area contributed by atoms with E-state index in [1.807, 2.05) is 72.8 Å². The maximum absolute atomic E-state index is 13.5. The third-order valence-corrected chi connectivity index (χ3v) is 7.71. The monoisotopic (exact) mass is 578 g/mol. The first-order chi connectivity index (χ1) is 19.8. The van der Waals surface area contributed by atoms with E-state index in [4.69, 9.17) is 11.6 Å². The van der Waals surface area contributed by atoms with Crippen molar-refractivity contribution in [3.05, 3.63) is 83.9 Å². The first-order valence-electron chi connectivity index (χ1n) is 13.8. The molecule has 1 heterocycles. The summed E-state index contributed by atoms with van der Waals surface area (Å²) in [4.78, 5) is 51.0. The highest BCUT2D eigenvalue weighted by atomic mass is 35.5. The van der Waals surface area contributed by atoms with Crippen LogP contribution >= 0.6 is 11.6 Å². The second kappa shape index (κ2) is 14.5. The van der Waals surface area contributed by atoms with Gasteiger partial charge >= 0.3 is 6.09 Å². The van der Waals surface area contributed by atoms with Crippen LogP contribution in [0.25, 0.3) is 10.8 Å². The van der Waals surface area contributed by atoms with Crippen molar-refractivity contribution in [2.45, 2.75) is 50.2 Å². The lowest BCUT2D eigenvalue weighted by molar-refractivity contribution is -0.130. The number of carbonyl (C=O) groups is 4. The molecule has 1 fully saturated rings. The van der Waals surface area contributed by atoms with Crippen LogP contribution in [-0.2, 0) is 27.2 Å². The number of nitrogens with one attached hydrogen (secondary N) is 4. The van der Waals surface area contributed by atoms with Gasteiger partial charge in [-0.15, -0.1) is 11.6 Å². The first kappa shape index (κ1) is 29.9.